The monoisotopic (exact) mass is 271 g/mol. The highest BCUT2D eigenvalue weighted by Gasteiger charge is 2.44. The first-order chi connectivity index (χ1) is 8.74. The summed E-state index contributed by atoms with van der Waals surface area (Å²) in [7, 11) is 0. The summed E-state index contributed by atoms with van der Waals surface area (Å²) < 4.78 is 11.0. The highest BCUT2D eigenvalue weighted by Crippen LogP contribution is 2.34. The molecule has 2 fully saturated rings. The van der Waals surface area contributed by atoms with Crippen molar-refractivity contribution in [1.82, 2.24) is 4.90 Å². The summed E-state index contributed by atoms with van der Waals surface area (Å²) in [6.45, 7) is 6.59. The van der Waals surface area contributed by atoms with Crippen LogP contribution in [0.2, 0.25) is 0 Å². The molecule has 2 aliphatic heterocycles. The van der Waals surface area contributed by atoms with E-state index in [-0.39, 0.29) is 30.6 Å². The number of ether oxygens (including phenoxy) is 2. The second-order valence-corrected chi connectivity index (χ2v) is 6.28. The SMILES string of the molecule is CC(C)(C)OC(=O)N1CC2CC(CC(=O)O)OC2C1. The van der Waals surface area contributed by atoms with Crippen molar-refractivity contribution in [3.63, 3.8) is 0 Å². The Hall–Kier alpha value is -1.30. The van der Waals surface area contributed by atoms with Crippen LogP contribution in [0.1, 0.15) is 33.6 Å². The van der Waals surface area contributed by atoms with Gasteiger partial charge in [-0.05, 0) is 27.2 Å². The Morgan fingerprint density at radius 1 is 1.37 bits per heavy atom. The number of carboxylic acid groups (broad SMARTS) is 1. The molecule has 108 valence electrons. The number of aliphatic carboxylic acids is 1. The van der Waals surface area contributed by atoms with E-state index in [1.54, 1.807) is 4.90 Å². The van der Waals surface area contributed by atoms with Gasteiger partial charge in [-0.3, -0.25) is 4.79 Å². The number of fused-ring (bicyclic) bond motifs is 1. The number of hydrogen-bond donors (Lipinski definition) is 1. The average Bonchev–Trinajstić information content (AvgIpc) is 2.70. The number of nitrogens with zero attached hydrogens (tertiary/aromatic N) is 1. The van der Waals surface area contributed by atoms with Crippen LogP contribution < -0.4 is 0 Å². The van der Waals surface area contributed by atoms with Gasteiger partial charge in [0.15, 0.2) is 0 Å². The van der Waals surface area contributed by atoms with Crippen LogP contribution in [-0.2, 0) is 14.3 Å². The zero-order valence-corrected chi connectivity index (χ0v) is 11.6. The Morgan fingerprint density at radius 3 is 2.58 bits per heavy atom. The third-order valence-electron chi connectivity index (χ3n) is 3.37. The first kappa shape index (κ1) is 14.1. The van der Waals surface area contributed by atoms with Gasteiger partial charge < -0.3 is 19.5 Å². The molecule has 19 heavy (non-hydrogen) atoms. The summed E-state index contributed by atoms with van der Waals surface area (Å²) in [6.07, 6.45) is 0.167. The molecule has 0 bridgehead atoms. The molecule has 0 aromatic rings. The van der Waals surface area contributed by atoms with Gasteiger partial charge in [-0.2, -0.15) is 0 Å². The van der Waals surface area contributed by atoms with Gasteiger partial charge in [-0.15, -0.1) is 0 Å². The minimum atomic E-state index is -0.839. The molecule has 0 spiro atoms. The van der Waals surface area contributed by atoms with Gasteiger partial charge >= 0.3 is 12.1 Å². The van der Waals surface area contributed by atoms with Crippen molar-refractivity contribution in [2.24, 2.45) is 5.92 Å². The third-order valence-corrected chi connectivity index (χ3v) is 3.37. The Kier molecular flexibility index (Phi) is 3.71. The Bertz CT molecular complexity index is 362. The lowest BCUT2D eigenvalue weighted by molar-refractivity contribution is -0.140. The summed E-state index contributed by atoms with van der Waals surface area (Å²) in [5, 5.41) is 8.74. The van der Waals surface area contributed by atoms with E-state index in [0.29, 0.717) is 19.5 Å². The van der Waals surface area contributed by atoms with Crippen molar-refractivity contribution in [3.05, 3.63) is 0 Å². The number of carbonyl (C=O) groups is 2. The summed E-state index contributed by atoms with van der Waals surface area (Å²) in [4.78, 5) is 24.2. The number of rotatable bonds is 2. The fraction of sp³-hybridized carbons (Fsp3) is 0.846. The maximum absolute atomic E-state index is 11.9. The average molecular weight is 271 g/mol. The fourth-order valence-electron chi connectivity index (χ4n) is 2.66. The van der Waals surface area contributed by atoms with Crippen molar-refractivity contribution in [2.45, 2.75) is 51.4 Å². The predicted octanol–water partition coefficient (Wildman–Crippen LogP) is 1.49. The zero-order valence-electron chi connectivity index (χ0n) is 11.6. The number of amides is 1. The fourth-order valence-corrected chi connectivity index (χ4v) is 2.66. The van der Waals surface area contributed by atoms with Crippen LogP contribution in [0, 0.1) is 5.92 Å². The zero-order chi connectivity index (χ0) is 14.2. The predicted molar refractivity (Wildman–Crippen MR) is 66.8 cm³/mol. The van der Waals surface area contributed by atoms with E-state index in [9.17, 15) is 9.59 Å². The summed E-state index contributed by atoms with van der Waals surface area (Å²) in [6, 6.07) is 0. The lowest BCUT2D eigenvalue weighted by Crippen LogP contribution is -2.36. The molecule has 0 radical (unpaired) electrons. The number of carboxylic acids is 1. The van der Waals surface area contributed by atoms with Crippen LogP contribution in [0.15, 0.2) is 0 Å². The minimum absolute atomic E-state index is 0.0411. The summed E-state index contributed by atoms with van der Waals surface area (Å²) in [5.41, 5.74) is -0.499. The molecule has 2 aliphatic rings. The molecule has 0 aromatic carbocycles. The maximum Gasteiger partial charge on any atom is 0.410 e. The largest absolute Gasteiger partial charge is 0.481 e. The number of likely N-dealkylation sites (tertiary alicyclic amines) is 1. The number of hydrogen-bond acceptors (Lipinski definition) is 4. The van der Waals surface area contributed by atoms with E-state index in [0.717, 1.165) is 0 Å². The van der Waals surface area contributed by atoms with Gasteiger partial charge in [0, 0.05) is 12.5 Å². The normalized spacial score (nSPS) is 30.3. The van der Waals surface area contributed by atoms with E-state index in [1.807, 2.05) is 20.8 Å². The molecule has 1 amide bonds. The molecule has 0 aliphatic carbocycles. The second kappa shape index (κ2) is 5.00. The molecule has 3 atom stereocenters. The molecule has 3 unspecified atom stereocenters. The maximum atomic E-state index is 11.9. The molecule has 2 saturated heterocycles. The molecule has 2 heterocycles. The molecular formula is C13H21NO5. The van der Waals surface area contributed by atoms with Gasteiger partial charge in [0.1, 0.15) is 5.60 Å². The standard InChI is InChI=1S/C13H21NO5/c1-13(2,3)19-12(17)14-6-8-4-9(5-11(15)16)18-10(8)7-14/h8-10H,4-7H2,1-3H3,(H,15,16). The van der Waals surface area contributed by atoms with E-state index in [1.165, 1.54) is 0 Å². The molecule has 1 N–H and O–H groups in total. The molecule has 0 saturated carbocycles. The van der Waals surface area contributed by atoms with E-state index < -0.39 is 11.6 Å². The molecule has 0 aromatic heterocycles. The highest BCUT2D eigenvalue weighted by atomic mass is 16.6. The van der Waals surface area contributed by atoms with Crippen LogP contribution in [-0.4, -0.2) is 53.0 Å². The smallest absolute Gasteiger partial charge is 0.410 e. The van der Waals surface area contributed by atoms with Gasteiger partial charge in [0.2, 0.25) is 0 Å². The van der Waals surface area contributed by atoms with E-state index in [2.05, 4.69) is 0 Å². The van der Waals surface area contributed by atoms with Crippen molar-refractivity contribution in [1.29, 1.82) is 0 Å². The van der Waals surface area contributed by atoms with Gasteiger partial charge in [-0.25, -0.2) is 4.79 Å². The first-order valence-electron chi connectivity index (χ1n) is 6.60. The van der Waals surface area contributed by atoms with Crippen LogP contribution in [0.25, 0.3) is 0 Å². The Balaban J connectivity index is 1.84. The quantitative estimate of drug-likeness (QED) is 0.823. The molecule has 6 nitrogen and oxygen atoms in total. The van der Waals surface area contributed by atoms with Gasteiger partial charge in [-0.1, -0.05) is 0 Å². The second-order valence-electron chi connectivity index (χ2n) is 6.28. The van der Waals surface area contributed by atoms with Gasteiger partial charge in [0.25, 0.3) is 0 Å². The lowest BCUT2D eigenvalue weighted by atomic mass is 10.0. The van der Waals surface area contributed by atoms with E-state index in [4.69, 9.17) is 14.6 Å². The van der Waals surface area contributed by atoms with Crippen LogP contribution in [0.5, 0.6) is 0 Å². The van der Waals surface area contributed by atoms with Crippen LogP contribution in [0.4, 0.5) is 4.79 Å². The van der Waals surface area contributed by atoms with Crippen molar-refractivity contribution >= 4 is 12.1 Å². The Morgan fingerprint density at radius 2 is 2.05 bits per heavy atom. The van der Waals surface area contributed by atoms with E-state index >= 15 is 0 Å². The van der Waals surface area contributed by atoms with Crippen LogP contribution in [0.3, 0.4) is 0 Å². The van der Waals surface area contributed by atoms with Crippen molar-refractivity contribution in [2.75, 3.05) is 13.1 Å². The third kappa shape index (κ3) is 3.59. The topological polar surface area (TPSA) is 76.1 Å². The first-order valence-corrected chi connectivity index (χ1v) is 6.60. The Labute approximate surface area is 112 Å². The van der Waals surface area contributed by atoms with Gasteiger partial charge in [0.05, 0.1) is 25.2 Å². The van der Waals surface area contributed by atoms with Crippen LogP contribution >= 0.6 is 0 Å². The van der Waals surface area contributed by atoms with Crippen molar-refractivity contribution in [3.8, 4) is 0 Å². The lowest BCUT2D eigenvalue weighted by Gasteiger charge is -2.25. The molecule has 6 heteroatoms. The minimum Gasteiger partial charge on any atom is -0.481 e. The molecule has 2 rings (SSSR count). The highest BCUT2D eigenvalue weighted by molar-refractivity contribution is 5.69. The summed E-state index contributed by atoms with van der Waals surface area (Å²) in [5.74, 6) is -0.606. The number of carbonyl (C=O) groups excluding carboxylic acids is 1. The summed E-state index contributed by atoms with van der Waals surface area (Å²) >= 11 is 0. The molecular weight excluding hydrogens is 250 g/mol. The van der Waals surface area contributed by atoms with Crippen molar-refractivity contribution < 1.29 is 24.2 Å².